The molecule has 3 N–H and O–H groups in total. The first-order valence-corrected chi connectivity index (χ1v) is 5.74. The van der Waals surface area contributed by atoms with Crippen LogP contribution < -0.4 is 10.6 Å². The molecule has 16 heavy (non-hydrogen) atoms. The molecule has 0 aromatic carbocycles. The van der Waals surface area contributed by atoms with Crippen LogP contribution in [0.2, 0.25) is 0 Å². The zero-order chi connectivity index (χ0) is 12.0. The maximum atomic E-state index is 9.66. The highest BCUT2D eigenvalue weighted by Crippen LogP contribution is 2.13. The van der Waals surface area contributed by atoms with Crippen molar-refractivity contribution in [2.75, 3.05) is 23.7 Å². The van der Waals surface area contributed by atoms with E-state index in [0.29, 0.717) is 6.54 Å². The maximum absolute atomic E-state index is 9.66. The molecule has 1 atom stereocenters. The summed E-state index contributed by atoms with van der Waals surface area (Å²) >= 11 is 0. The van der Waals surface area contributed by atoms with Crippen LogP contribution in [0, 0.1) is 5.92 Å². The van der Waals surface area contributed by atoms with Crippen LogP contribution in [0.1, 0.15) is 20.8 Å². The Morgan fingerprint density at radius 3 is 2.44 bits per heavy atom. The van der Waals surface area contributed by atoms with E-state index >= 15 is 0 Å². The summed E-state index contributed by atoms with van der Waals surface area (Å²) in [6.07, 6.45) is 3.21. The zero-order valence-electron chi connectivity index (χ0n) is 10.2. The topological polar surface area (TPSA) is 57.2 Å². The van der Waals surface area contributed by atoms with E-state index in [2.05, 4.69) is 15.6 Å². The number of rotatable bonds is 6. The van der Waals surface area contributed by atoms with Crippen molar-refractivity contribution in [2.45, 2.75) is 26.9 Å². The first-order valence-electron chi connectivity index (χ1n) is 5.74. The highest BCUT2D eigenvalue weighted by atomic mass is 16.3. The minimum absolute atomic E-state index is 0.261. The van der Waals surface area contributed by atoms with Gasteiger partial charge in [0, 0.05) is 13.1 Å². The first-order chi connectivity index (χ1) is 7.63. The monoisotopic (exact) mass is 223 g/mol. The number of anilines is 2. The Morgan fingerprint density at radius 2 is 1.88 bits per heavy atom. The predicted octanol–water partition coefficient (Wildman–Crippen LogP) is 1.94. The fraction of sp³-hybridized carbons (Fsp3) is 0.583. The summed E-state index contributed by atoms with van der Waals surface area (Å²) in [5.74, 6) is 0.261. The average molecular weight is 223 g/mol. The predicted molar refractivity (Wildman–Crippen MR) is 67.7 cm³/mol. The van der Waals surface area contributed by atoms with Gasteiger partial charge in [-0.25, -0.2) is 0 Å². The molecule has 0 amide bonds. The number of hydrogen-bond acceptors (Lipinski definition) is 4. The van der Waals surface area contributed by atoms with Crippen molar-refractivity contribution >= 4 is 11.4 Å². The second kappa shape index (κ2) is 6.33. The van der Waals surface area contributed by atoms with Gasteiger partial charge in [-0.2, -0.15) is 0 Å². The lowest BCUT2D eigenvalue weighted by atomic mass is 10.1. The van der Waals surface area contributed by atoms with Crippen molar-refractivity contribution in [1.29, 1.82) is 0 Å². The van der Waals surface area contributed by atoms with Crippen molar-refractivity contribution in [3.8, 4) is 0 Å². The van der Waals surface area contributed by atoms with Crippen LogP contribution in [0.3, 0.4) is 0 Å². The Balaban J connectivity index is 2.50. The van der Waals surface area contributed by atoms with Gasteiger partial charge in [0.05, 0.1) is 29.9 Å². The van der Waals surface area contributed by atoms with E-state index < -0.39 is 0 Å². The second-order valence-electron chi connectivity index (χ2n) is 4.18. The van der Waals surface area contributed by atoms with E-state index in [9.17, 15) is 5.11 Å². The summed E-state index contributed by atoms with van der Waals surface area (Å²) in [4.78, 5) is 4.12. The number of aliphatic hydroxyl groups excluding tert-OH is 1. The third-order valence-electron chi connectivity index (χ3n) is 2.40. The minimum atomic E-state index is -0.331. The molecule has 90 valence electrons. The summed E-state index contributed by atoms with van der Waals surface area (Å²) < 4.78 is 0. The number of hydrogen-bond donors (Lipinski definition) is 3. The quantitative estimate of drug-likeness (QED) is 0.690. The Morgan fingerprint density at radius 1 is 1.25 bits per heavy atom. The molecule has 0 spiro atoms. The molecule has 0 saturated carbocycles. The van der Waals surface area contributed by atoms with Gasteiger partial charge in [0.2, 0.25) is 0 Å². The molecular formula is C12H21N3O. The van der Waals surface area contributed by atoms with Crippen LogP contribution in [-0.2, 0) is 0 Å². The van der Waals surface area contributed by atoms with Crippen LogP contribution in [0.25, 0.3) is 0 Å². The Labute approximate surface area is 97.1 Å². The Hall–Kier alpha value is -1.29. The highest BCUT2D eigenvalue weighted by molar-refractivity contribution is 5.53. The Bertz CT molecular complexity index is 315. The van der Waals surface area contributed by atoms with Crippen LogP contribution in [0.4, 0.5) is 11.4 Å². The van der Waals surface area contributed by atoms with E-state index in [1.807, 2.05) is 26.8 Å². The van der Waals surface area contributed by atoms with E-state index in [1.54, 1.807) is 12.4 Å². The number of aliphatic hydroxyl groups is 1. The van der Waals surface area contributed by atoms with Gasteiger partial charge >= 0.3 is 0 Å². The summed E-state index contributed by atoms with van der Waals surface area (Å²) in [5.41, 5.74) is 1.92. The van der Waals surface area contributed by atoms with Crippen LogP contribution >= 0.6 is 0 Å². The third kappa shape index (κ3) is 4.06. The number of nitrogens with zero attached hydrogens (tertiary/aromatic N) is 1. The normalized spacial score (nSPS) is 12.6. The van der Waals surface area contributed by atoms with Crippen molar-refractivity contribution in [3.63, 3.8) is 0 Å². The molecule has 1 aromatic rings. The lowest BCUT2D eigenvalue weighted by Gasteiger charge is -2.16. The van der Waals surface area contributed by atoms with Gasteiger partial charge in [0.25, 0.3) is 0 Å². The van der Waals surface area contributed by atoms with E-state index in [4.69, 9.17) is 0 Å². The molecule has 1 aromatic heterocycles. The molecule has 0 radical (unpaired) electrons. The van der Waals surface area contributed by atoms with Crippen LogP contribution in [0.15, 0.2) is 18.5 Å². The summed E-state index contributed by atoms with van der Waals surface area (Å²) in [6.45, 7) is 7.47. The fourth-order valence-corrected chi connectivity index (χ4v) is 1.30. The maximum Gasteiger partial charge on any atom is 0.0735 e. The molecule has 1 rings (SSSR count). The fourth-order valence-electron chi connectivity index (χ4n) is 1.30. The lowest BCUT2D eigenvalue weighted by molar-refractivity contribution is 0.138. The van der Waals surface area contributed by atoms with Gasteiger partial charge < -0.3 is 15.7 Å². The molecule has 1 heterocycles. The van der Waals surface area contributed by atoms with Crippen molar-refractivity contribution in [3.05, 3.63) is 18.5 Å². The average Bonchev–Trinajstić information content (AvgIpc) is 2.26. The zero-order valence-corrected chi connectivity index (χ0v) is 10.2. The third-order valence-corrected chi connectivity index (χ3v) is 2.40. The molecule has 4 heteroatoms. The molecule has 0 aliphatic heterocycles. The highest BCUT2D eigenvalue weighted by Gasteiger charge is 2.08. The van der Waals surface area contributed by atoms with Crippen LogP contribution in [0.5, 0.6) is 0 Å². The van der Waals surface area contributed by atoms with Gasteiger partial charge in [-0.3, -0.25) is 4.98 Å². The molecule has 1 unspecified atom stereocenters. The molecular weight excluding hydrogens is 202 g/mol. The number of nitrogens with one attached hydrogen (secondary N) is 2. The largest absolute Gasteiger partial charge is 0.391 e. The van der Waals surface area contributed by atoms with E-state index in [1.165, 1.54) is 0 Å². The van der Waals surface area contributed by atoms with E-state index in [0.717, 1.165) is 17.9 Å². The van der Waals surface area contributed by atoms with Crippen molar-refractivity contribution in [2.24, 2.45) is 5.92 Å². The van der Waals surface area contributed by atoms with Gasteiger partial charge in [-0.15, -0.1) is 0 Å². The van der Waals surface area contributed by atoms with Crippen molar-refractivity contribution in [1.82, 2.24) is 4.98 Å². The molecule has 0 saturated heterocycles. The molecule has 0 bridgehead atoms. The molecule has 0 fully saturated rings. The summed E-state index contributed by atoms with van der Waals surface area (Å²) in [5, 5.41) is 16.0. The smallest absolute Gasteiger partial charge is 0.0735 e. The van der Waals surface area contributed by atoms with Gasteiger partial charge in [0.15, 0.2) is 0 Å². The lowest BCUT2D eigenvalue weighted by Crippen LogP contribution is -2.24. The number of pyridine rings is 1. The van der Waals surface area contributed by atoms with Gasteiger partial charge in [0.1, 0.15) is 0 Å². The molecule has 0 aliphatic carbocycles. The van der Waals surface area contributed by atoms with E-state index in [-0.39, 0.29) is 12.0 Å². The summed E-state index contributed by atoms with van der Waals surface area (Å²) in [6, 6.07) is 1.99. The minimum Gasteiger partial charge on any atom is -0.391 e. The first kappa shape index (κ1) is 12.8. The van der Waals surface area contributed by atoms with Crippen molar-refractivity contribution < 1.29 is 5.11 Å². The standard InChI is InChI=1S/C12H21N3O/c1-4-14-10-5-11(7-13-6-10)15-8-12(16)9(2)3/h5-7,9,12,14-16H,4,8H2,1-3H3. The molecule has 0 aliphatic rings. The number of aromatic nitrogens is 1. The van der Waals surface area contributed by atoms with Crippen LogP contribution in [-0.4, -0.2) is 29.3 Å². The molecule has 4 nitrogen and oxygen atoms in total. The Kier molecular flexibility index (Phi) is 5.05. The second-order valence-corrected chi connectivity index (χ2v) is 4.18. The SMILES string of the molecule is CCNc1cncc(NCC(O)C(C)C)c1. The van der Waals surface area contributed by atoms with Gasteiger partial charge in [-0.1, -0.05) is 13.8 Å². The summed E-state index contributed by atoms with van der Waals surface area (Å²) in [7, 11) is 0. The van der Waals surface area contributed by atoms with Gasteiger partial charge in [-0.05, 0) is 18.9 Å².